The smallest absolute Gasteiger partial charge is 0.0183 e. The van der Waals surface area contributed by atoms with E-state index in [0.29, 0.717) is 5.54 Å². The van der Waals surface area contributed by atoms with E-state index in [-0.39, 0.29) is 5.54 Å². The second-order valence-corrected chi connectivity index (χ2v) is 4.67. The second-order valence-electron chi connectivity index (χ2n) is 4.67. The van der Waals surface area contributed by atoms with Crippen LogP contribution in [-0.4, -0.2) is 17.6 Å². The van der Waals surface area contributed by atoms with Gasteiger partial charge in [-0.3, -0.25) is 0 Å². The minimum absolute atomic E-state index is 0.219. The summed E-state index contributed by atoms with van der Waals surface area (Å²) in [5.41, 5.74) is 6.92. The van der Waals surface area contributed by atoms with Gasteiger partial charge in [0, 0.05) is 11.1 Å². The van der Waals surface area contributed by atoms with Crippen molar-refractivity contribution in [3.63, 3.8) is 0 Å². The fourth-order valence-corrected chi connectivity index (χ4v) is 2.85. The lowest BCUT2D eigenvalue weighted by atomic mass is 9.62. The summed E-state index contributed by atoms with van der Waals surface area (Å²) >= 11 is 0. The molecule has 0 aromatic heterocycles. The summed E-state index contributed by atoms with van der Waals surface area (Å²) < 4.78 is 0. The summed E-state index contributed by atoms with van der Waals surface area (Å²) in [5, 5.41) is 3.65. The Labute approximate surface area is 74.9 Å². The van der Waals surface area contributed by atoms with Gasteiger partial charge < -0.3 is 11.1 Å². The van der Waals surface area contributed by atoms with Crippen molar-refractivity contribution in [3.8, 4) is 0 Å². The Morgan fingerprint density at radius 2 is 1.58 bits per heavy atom. The van der Waals surface area contributed by atoms with Gasteiger partial charge in [0.2, 0.25) is 0 Å². The lowest BCUT2D eigenvalue weighted by Crippen LogP contribution is -2.60. The molecule has 3 saturated carbocycles. The van der Waals surface area contributed by atoms with Crippen LogP contribution in [0.5, 0.6) is 0 Å². The predicted octanol–water partition coefficient (Wildman–Crippen LogP) is 1.40. The molecule has 0 aromatic carbocycles. The van der Waals surface area contributed by atoms with E-state index in [2.05, 4.69) is 12.2 Å². The molecule has 0 aromatic rings. The summed E-state index contributed by atoms with van der Waals surface area (Å²) in [7, 11) is 0. The Morgan fingerprint density at radius 3 is 2.00 bits per heavy atom. The van der Waals surface area contributed by atoms with Gasteiger partial charge in [0.15, 0.2) is 0 Å². The van der Waals surface area contributed by atoms with E-state index in [0.717, 1.165) is 6.54 Å². The van der Waals surface area contributed by atoms with Crippen molar-refractivity contribution in [1.82, 2.24) is 5.32 Å². The molecule has 2 bridgehead atoms. The number of nitrogens with two attached hydrogens (primary N) is 1. The van der Waals surface area contributed by atoms with Crippen LogP contribution in [0, 0.1) is 0 Å². The van der Waals surface area contributed by atoms with Crippen LogP contribution in [0.2, 0.25) is 0 Å². The molecule has 3 fully saturated rings. The lowest BCUT2D eigenvalue weighted by molar-refractivity contribution is 0.0837. The van der Waals surface area contributed by atoms with E-state index < -0.39 is 0 Å². The molecule has 0 spiro atoms. The molecule has 3 aliphatic carbocycles. The molecule has 0 saturated heterocycles. The van der Waals surface area contributed by atoms with Gasteiger partial charge in [-0.05, 0) is 45.1 Å². The molecule has 0 radical (unpaired) electrons. The van der Waals surface area contributed by atoms with Crippen molar-refractivity contribution in [1.29, 1.82) is 0 Å². The monoisotopic (exact) mass is 168 g/mol. The summed E-state index contributed by atoms with van der Waals surface area (Å²) in [5.74, 6) is 0. The van der Waals surface area contributed by atoms with Crippen molar-refractivity contribution in [2.75, 3.05) is 6.54 Å². The Hall–Kier alpha value is -0.0800. The van der Waals surface area contributed by atoms with Crippen LogP contribution in [0.25, 0.3) is 0 Å². The Balaban J connectivity index is 2.04. The van der Waals surface area contributed by atoms with Crippen molar-refractivity contribution < 1.29 is 0 Å². The lowest BCUT2D eigenvalue weighted by Gasteiger charge is -2.52. The highest BCUT2D eigenvalue weighted by Gasteiger charge is 2.45. The standard InChI is InChI=1S/C10H20N2/c1-2-12-10-6-3-9(11,4-7-10)5-8-10/h12H,2-8,11H2,1H3. The first-order chi connectivity index (χ1) is 5.68. The van der Waals surface area contributed by atoms with Crippen molar-refractivity contribution >= 4 is 0 Å². The third-order valence-corrected chi connectivity index (χ3v) is 3.86. The van der Waals surface area contributed by atoms with Crippen molar-refractivity contribution in [3.05, 3.63) is 0 Å². The summed E-state index contributed by atoms with van der Waals surface area (Å²) in [6.07, 6.45) is 7.62. The van der Waals surface area contributed by atoms with Crippen LogP contribution in [0.4, 0.5) is 0 Å². The van der Waals surface area contributed by atoms with Crippen LogP contribution in [-0.2, 0) is 0 Å². The average molecular weight is 168 g/mol. The molecule has 0 aliphatic heterocycles. The molecular formula is C10H20N2. The third kappa shape index (κ3) is 1.27. The number of hydrogen-bond acceptors (Lipinski definition) is 2. The minimum atomic E-state index is 0.219. The first kappa shape index (κ1) is 8.52. The maximum absolute atomic E-state index is 6.22. The second kappa shape index (κ2) is 2.71. The molecule has 0 heterocycles. The van der Waals surface area contributed by atoms with E-state index in [4.69, 9.17) is 5.73 Å². The minimum Gasteiger partial charge on any atom is -0.325 e. The Bertz CT molecular complexity index is 152. The fraction of sp³-hybridized carbons (Fsp3) is 1.00. The topological polar surface area (TPSA) is 38.0 Å². The SMILES string of the molecule is CCNC12CCC(N)(CC1)CC2. The van der Waals surface area contributed by atoms with Gasteiger partial charge in [-0.1, -0.05) is 6.92 Å². The van der Waals surface area contributed by atoms with Gasteiger partial charge in [-0.25, -0.2) is 0 Å². The highest BCUT2D eigenvalue weighted by atomic mass is 15.0. The van der Waals surface area contributed by atoms with Gasteiger partial charge >= 0.3 is 0 Å². The molecule has 2 nitrogen and oxygen atoms in total. The molecule has 0 unspecified atom stereocenters. The molecule has 2 heteroatoms. The molecule has 70 valence electrons. The van der Waals surface area contributed by atoms with Crippen molar-refractivity contribution in [2.45, 2.75) is 56.5 Å². The molecule has 0 amide bonds. The highest BCUT2D eigenvalue weighted by molar-refractivity contribution is 5.06. The van der Waals surface area contributed by atoms with Gasteiger partial charge in [0.1, 0.15) is 0 Å². The van der Waals surface area contributed by atoms with E-state index in [9.17, 15) is 0 Å². The number of rotatable bonds is 2. The number of nitrogens with one attached hydrogen (secondary N) is 1. The van der Waals surface area contributed by atoms with Crippen LogP contribution in [0.1, 0.15) is 45.4 Å². The molecule has 3 aliphatic rings. The zero-order valence-corrected chi connectivity index (χ0v) is 8.03. The highest BCUT2D eigenvalue weighted by Crippen LogP contribution is 2.45. The van der Waals surface area contributed by atoms with Gasteiger partial charge in [-0.2, -0.15) is 0 Å². The molecular weight excluding hydrogens is 148 g/mol. The van der Waals surface area contributed by atoms with E-state index in [1.807, 2.05) is 0 Å². The summed E-state index contributed by atoms with van der Waals surface area (Å²) in [4.78, 5) is 0. The van der Waals surface area contributed by atoms with Gasteiger partial charge in [0.25, 0.3) is 0 Å². The molecule has 3 N–H and O–H groups in total. The molecule has 0 atom stereocenters. The average Bonchev–Trinajstić information content (AvgIpc) is 2.08. The van der Waals surface area contributed by atoms with Gasteiger partial charge in [-0.15, -0.1) is 0 Å². The largest absolute Gasteiger partial charge is 0.325 e. The number of hydrogen-bond donors (Lipinski definition) is 2. The van der Waals surface area contributed by atoms with E-state index >= 15 is 0 Å². The van der Waals surface area contributed by atoms with E-state index in [1.165, 1.54) is 38.5 Å². The zero-order chi connectivity index (χ0) is 8.66. The maximum atomic E-state index is 6.22. The molecule has 12 heavy (non-hydrogen) atoms. The molecule has 3 rings (SSSR count). The Kier molecular flexibility index (Phi) is 1.92. The van der Waals surface area contributed by atoms with Crippen molar-refractivity contribution in [2.24, 2.45) is 5.73 Å². The Morgan fingerprint density at radius 1 is 1.08 bits per heavy atom. The predicted molar refractivity (Wildman–Crippen MR) is 51.0 cm³/mol. The third-order valence-electron chi connectivity index (χ3n) is 3.86. The number of fused-ring (bicyclic) bond motifs is 3. The van der Waals surface area contributed by atoms with Crippen LogP contribution in [0.15, 0.2) is 0 Å². The maximum Gasteiger partial charge on any atom is 0.0183 e. The quantitative estimate of drug-likeness (QED) is 0.654. The fourth-order valence-electron chi connectivity index (χ4n) is 2.85. The summed E-state index contributed by atoms with van der Waals surface area (Å²) in [6.45, 7) is 3.31. The van der Waals surface area contributed by atoms with Crippen LogP contribution >= 0.6 is 0 Å². The zero-order valence-electron chi connectivity index (χ0n) is 8.03. The first-order valence-corrected chi connectivity index (χ1v) is 5.22. The van der Waals surface area contributed by atoms with Crippen LogP contribution in [0.3, 0.4) is 0 Å². The van der Waals surface area contributed by atoms with Gasteiger partial charge in [0.05, 0.1) is 0 Å². The first-order valence-electron chi connectivity index (χ1n) is 5.22. The van der Waals surface area contributed by atoms with E-state index in [1.54, 1.807) is 0 Å². The summed E-state index contributed by atoms with van der Waals surface area (Å²) in [6, 6.07) is 0. The van der Waals surface area contributed by atoms with Crippen LogP contribution < -0.4 is 11.1 Å². The normalized spacial score (nSPS) is 46.5.